The van der Waals surface area contributed by atoms with Crippen molar-refractivity contribution < 1.29 is 0 Å². The maximum Gasteiger partial charge on any atom is 0.154 e. The standard InChI is InChI=1S/C15H14N2S2/c1-10-9-18-15(17-10)19-14-7-6-11(8-16)12-4-2-3-5-13(12)14/h2-7,9H,8,16H2,1H3. The van der Waals surface area contributed by atoms with E-state index in [-0.39, 0.29) is 0 Å². The molecule has 3 aromatic rings. The molecule has 0 radical (unpaired) electrons. The minimum absolute atomic E-state index is 0.571. The van der Waals surface area contributed by atoms with Crippen LogP contribution in [0.5, 0.6) is 0 Å². The maximum absolute atomic E-state index is 5.80. The van der Waals surface area contributed by atoms with Gasteiger partial charge in [-0.05, 0) is 29.3 Å². The SMILES string of the molecule is Cc1csc(Sc2ccc(CN)c3ccccc23)n1. The van der Waals surface area contributed by atoms with Crippen LogP contribution in [0.15, 0.2) is 51.0 Å². The Labute approximate surface area is 120 Å². The molecular weight excluding hydrogens is 272 g/mol. The normalized spacial score (nSPS) is 11.1. The second-order valence-corrected chi connectivity index (χ2v) is 6.48. The predicted octanol–water partition coefficient (Wildman–Crippen LogP) is 4.21. The summed E-state index contributed by atoms with van der Waals surface area (Å²) in [6.45, 7) is 2.60. The Bertz CT molecular complexity index is 719. The van der Waals surface area contributed by atoms with Gasteiger partial charge in [-0.25, -0.2) is 4.98 Å². The third-order valence-electron chi connectivity index (χ3n) is 2.99. The molecule has 2 aromatic carbocycles. The molecule has 0 amide bonds. The summed E-state index contributed by atoms with van der Waals surface area (Å²) < 4.78 is 1.09. The Hall–Kier alpha value is -1.36. The molecule has 0 fully saturated rings. The lowest BCUT2D eigenvalue weighted by Crippen LogP contribution is -1.97. The largest absolute Gasteiger partial charge is 0.326 e. The van der Waals surface area contributed by atoms with Crippen LogP contribution in [0.1, 0.15) is 11.3 Å². The molecule has 2 N–H and O–H groups in total. The van der Waals surface area contributed by atoms with Crippen LogP contribution in [0.4, 0.5) is 0 Å². The first-order chi connectivity index (χ1) is 9.28. The van der Waals surface area contributed by atoms with Crippen LogP contribution in [-0.4, -0.2) is 4.98 Å². The number of hydrogen-bond acceptors (Lipinski definition) is 4. The number of nitrogens with zero attached hydrogens (tertiary/aromatic N) is 1. The minimum Gasteiger partial charge on any atom is -0.326 e. The van der Waals surface area contributed by atoms with Crippen molar-refractivity contribution in [3.05, 3.63) is 53.0 Å². The quantitative estimate of drug-likeness (QED) is 0.783. The Kier molecular flexibility index (Phi) is 3.55. The van der Waals surface area contributed by atoms with Gasteiger partial charge in [0.25, 0.3) is 0 Å². The van der Waals surface area contributed by atoms with Crippen LogP contribution in [-0.2, 0) is 6.54 Å². The van der Waals surface area contributed by atoms with E-state index in [1.807, 2.05) is 6.92 Å². The van der Waals surface area contributed by atoms with Crippen molar-refractivity contribution in [2.45, 2.75) is 22.7 Å². The van der Waals surface area contributed by atoms with Crippen LogP contribution >= 0.6 is 23.1 Å². The Balaban J connectivity index is 2.09. The van der Waals surface area contributed by atoms with E-state index in [1.165, 1.54) is 21.2 Å². The van der Waals surface area contributed by atoms with E-state index in [9.17, 15) is 0 Å². The van der Waals surface area contributed by atoms with Crippen molar-refractivity contribution in [2.75, 3.05) is 0 Å². The van der Waals surface area contributed by atoms with E-state index < -0.39 is 0 Å². The summed E-state index contributed by atoms with van der Waals surface area (Å²) in [5, 5.41) is 4.57. The summed E-state index contributed by atoms with van der Waals surface area (Å²) in [5.41, 5.74) is 8.07. The summed E-state index contributed by atoms with van der Waals surface area (Å²) >= 11 is 3.41. The fraction of sp³-hybridized carbons (Fsp3) is 0.133. The molecule has 19 heavy (non-hydrogen) atoms. The molecule has 0 aliphatic rings. The first-order valence-electron chi connectivity index (χ1n) is 6.08. The fourth-order valence-corrected chi connectivity index (χ4v) is 4.00. The molecule has 0 aliphatic carbocycles. The highest BCUT2D eigenvalue weighted by Gasteiger charge is 2.08. The van der Waals surface area contributed by atoms with E-state index in [0.29, 0.717) is 6.54 Å². The van der Waals surface area contributed by atoms with E-state index in [0.717, 1.165) is 10.0 Å². The molecule has 96 valence electrons. The smallest absolute Gasteiger partial charge is 0.154 e. The topological polar surface area (TPSA) is 38.9 Å². The van der Waals surface area contributed by atoms with Crippen LogP contribution in [0.2, 0.25) is 0 Å². The third kappa shape index (κ3) is 2.52. The molecule has 0 saturated heterocycles. The Morgan fingerprint density at radius 1 is 1.16 bits per heavy atom. The average molecular weight is 286 g/mol. The van der Waals surface area contributed by atoms with Crippen molar-refractivity contribution in [1.82, 2.24) is 4.98 Å². The lowest BCUT2D eigenvalue weighted by Gasteiger charge is -2.08. The molecule has 3 rings (SSSR count). The number of rotatable bonds is 3. The van der Waals surface area contributed by atoms with Gasteiger partial charge in [-0.3, -0.25) is 0 Å². The minimum atomic E-state index is 0.571. The first-order valence-corrected chi connectivity index (χ1v) is 7.78. The molecular formula is C15H14N2S2. The number of aryl methyl sites for hydroxylation is 1. The average Bonchev–Trinajstić information content (AvgIpc) is 2.85. The Morgan fingerprint density at radius 3 is 2.63 bits per heavy atom. The highest BCUT2D eigenvalue weighted by Crippen LogP contribution is 2.36. The van der Waals surface area contributed by atoms with Gasteiger partial charge in [-0.15, -0.1) is 11.3 Å². The molecule has 0 unspecified atom stereocenters. The van der Waals surface area contributed by atoms with Gasteiger partial charge in [0.15, 0.2) is 4.34 Å². The lowest BCUT2D eigenvalue weighted by molar-refractivity contribution is 1.08. The van der Waals surface area contributed by atoms with Crippen molar-refractivity contribution >= 4 is 33.9 Å². The van der Waals surface area contributed by atoms with Gasteiger partial charge in [0.1, 0.15) is 0 Å². The van der Waals surface area contributed by atoms with Crippen molar-refractivity contribution in [1.29, 1.82) is 0 Å². The van der Waals surface area contributed by atoms with E-state index >= 15 is 0 Å². The number of hydrogen-bond donors (Lipinski definition) is 1. The summed E-state index contributed by atoms with van der Waals surface area (Å²) in [7, 11) is 0. The van der Waals surface area contributed by atoms with Gasteiger partial charge in [0, 0.05) is 22.5 Å². The summed E-state index contributed by atoms with van der Waals surface area (Å²) in [4.78, 5) is 5.75. The van der Waals surface area contributed by atoms with Gasteiger partial charge in [0.2, 0.25) is 0 Å². The zero-order chi connectivity index (χ0) is 13.2. The van der Waals surface area contributed by atoms with E-state index in [2.05, 4.69) is 46.8 Å². The number of benzene rings is 2. The van der Waals surface area contributed by atoms with Crippen LogP contribution in [0, 0.1) is 6.92 Å². The summed E-state index contributed by atoms with van der Waals surface area (Å²) in [5.74, 6) is 0. The zero-order valence-electron chi connectivity index (χ0n) is 10.6. The second kappa shape index (κ2) is 5.33. The molecule has 1 aromatic heterocycles. The molecule has 0 saturated carbocycles. The highest BCUT2D eigenvalue weighted by molar-refractivity contribution is 8.01. The fourth-order valence-electron chi connectivity index (χ4n) is 2.07. The van der Waals surface area contributed by atoms with Crippen LogP contribution < -0.4 is 5.73 Å². The molecule has 0 aliphatic heterocycles. The number of aromatic nitrogens is 1. The summed E-state index contributed by atoms with van der Waals surface area (Å²) in [6.07, 6.45) is 0. The third-order valence-corrected chi connectivity index (χ3v) is 5.12. The lowest BCUT2D eigenvalue weighted by atomic mass is 10.0. The molecule has 1 heterocycles. The van der Waals surface area contributed by atoms with Crippen molar-refractivity contribution in [3.8, 4) is 0 Å². The molecule has 0 bridgehead atoms. The molecule has 0 atom stereocenters. The van der Waals surface area contributed by atoms with Gasteiger partial charge in [0.05, 0.1) is 0 Å². The van der Waals surface area contributed by atoms with E-state index in [1.54, 1.807) is 23.1 Å². The molecule has 0 spiro atoms. The second-order valence-electron chi connectivity index (χ2n) is 4.33. The van der Waals surface area contributed by atoms with Crippen molar-refractivity contribution in [3.63, 3.8) is 0 Å². The Morgan fingerprint density at radius 2 is 1.95 bits per heavy atom. The van der Waals surface area contributed by atoms with Crippen LogP contribution in [0.3, 0.4) is 0 Å². The first kappa shape index (κ1) is 12.7. The van der Waals surface area contributed by atoms with Gasteiger partial charge in [-0.1, -0.05) is 42.1 Å². The molecule has 2 nitrogen and oxygen atoms in total. The zero-order valence-corrected chi connectivity index (χ0v) is 12.2. The predicted molar refractivity (Wildman–Crippen MR) is 82.8 cm³/mol. The number of nitrogens with two attached hydrogens (primary N) is 1. The van der Waals surface area contributed by atoms with Gasteiger partial charge >= 0.3 is 0 Å². The van der Waals surface area contributed by atoms with Crippen LogP contribution in [0.25, 0.3) is 10.8 Å². The van der Waals surface area contributed by atoms with Gasteiger partial charge < -0.3 is 5.73 Å². The summed E-state index contributed by atoms with van der Waals surface area (Å²) in [6, 6.07) is 12.7. The maximum atomic E-state index is 5.80. The molecule has 4 heteroatoms. The number of fused-ring (bicyclic) bond motifs is 1. The number of thiazole rings is 1. The van der Waals surface area contributed by atoms with Gasteiger partial charge in [-0.2, -0.15) is 0 Å². The van der Waals surface area contributed by atoms with E-state index in [4.69, 9.17) is 5.73 Å². The van der Waals surface area contributed by atoms with Crippen molar-refractivity contribution in [2.24, 2.45) is 5.73 Å². The highest BCUT2D eigenvalue weighted by atomic mass is 32.2. The monoisotopic (exact) mass is 286 g/mol.